The van der Waals surface area contributed by atoms with Gasteiger partial charge in [-0.2, -0.15) is 0 Å². The Morgan fingerprint density at radius 3 is 1.74 bits per heavy atom. The number of nitrogens with one attached hydrogen (secondary N) is 3. The first-order valence-corrected chi connectivity index (χ1v) is 24.3. The van der Waals surface area contributed by atoms with Crippen molar-refractivity contribution in [2.45, 2.75) is 108 Å². The fourth-order valence-electron chi connectivity index (χ4n) is 6.27. The average molecular weight is 943 g/mol. The number of rotatable bonds is 36. The molecule has 0 unspecified atom stereocenters. The minimum Gasteiger partial charge on any atom is -0.494 e. The lowest BCUT2D eigenvalue weighted by molar-refractivity contribution is -0.155. The van der Waals surface area contributed by atoms with Gasteiger partial charge in [0.15, 0.2) is 0 Å². The SMILES string of the molecule is CC(C)(C)OC(=O)CCCCCCCCCCCOc1ccc(CCc2ccc(S(=O)(=O)Nc3ccc(C(=O)NCCOCCOCC(=O)NCCOCCOCC(=O)O)cn3)cc2)cc1. The Balaban J connectivity index is 1.20. The van der Waals surface area contributed by atoms with Gasteiger partial charge in [0.1, 0.15) is 30.4 Å². The summed E-state index contributed by atoms with van der Waals surface area (Å²) in [5.41, 5.74) is 1.99. The highest BCUT2D eigenvalue weighted by Gasteiger charge is 2.17. The lowest BCUT2D eigenvalue weighted by Gasteiger charge is -2.19. The van der Waals surface area contributed by atoms with Gasteiger partial charge in [-0.25, -0.2) is 18.2 Å². The molecule has 3 rings (SSSR count). The number of amides is 2. The molecule has 0 bridgehead atoms. The van der Waals surface area contributed by atoms with E-state index in [1.165, 1.54) is 44.0 Å². The second-order valence-corrected chi connectivity index (χ2v) is 18.2. The van der Waals surface area contributed by atoms with E-state index in [0.29, 0.717) is 13.0 Å². The Morgan fingerprint density at radius 1 is 0.621 bits per heavy atom. The average Bonchev–Trinajstić information content (AvgIpc) is 3.27. The molecule has 0 atom stereocenters. The molecule has 2 amide bonds. The minimum absolute atomic E-state index is 0.0705. The number of benzene rings is 2. The number of nitrogens with zero attached hydrogens (tertiary/aromatic N) is 1. The zero-order chi connectivity index (χ0) is 47.9. The van der Waals surface area contributed by atoms with Gasteiger partial charge >= 0.3 is 11.9 Å². The molecular formula is C48H70N4O13S. The predicted molar refractivity (Wildman–Crippen MR) is 249 cm³/mol. The Hall–Kier alpha value is -5.14. The molecule has 0 aliphatic carbocycles. The Bertz CT molecular complexity index is 1960. The van der Waals surface area contributed by atoms with E-state index in [0.717, 1.165) is 61.8 Å². The molecule has 1 heterocycles. The van der Waals surface area contributed by atoms with E-state index in [9.17, 15) is 27.6 Å². The number of unbranched alkanes of at least 4 members (excludes halogenated alkanes) is 8. The van der Waals surface area contributed by atoms with E-state index >= 15 is 0 Å². The minimum atomic E-state index is -3.92. The van der Waals surface area contributed by atoms with Gasteiger partial charge in [-0.1, -0.05) is 69.2 Å². The van der Waals surface area contributed by atoms with E-state index in [-0.39, 0.29) is 94.1 Å². The molecule has 4 N–H and O–H groups in total. The summed E-state index contributed by atoms with van der Waals surface area (Å²) in [6.07, 6.45) is 13.4. The summed E-state index contributed by atoms with van der Waals surface area (Å²) in [5.74, 6) is -0.966. The number of esters is 1. The number of aromatic nitrogens is 1. The molecule has 0 spiro atoms. The molecular weight excluding hydrogens is 873 g/mol. The summed E-state index contributed by atoms with van der Waals surface area (Å²) in [6, 6.07) is 17.7. The maximum atomic E-state index is 13.1. The highest BCUT2D eigenvalue weighted by atomic mass is 32.2. The fourth-order valence-corrected chi connectivity index (χ4v) is 7.28. The van der Waals surface area contributed by atoms with Crippen LogP contribution in [0.2, 0.25) is 0 Å². The van der Waals surface area contributed by atoms with Crippen LogP contribution >= 0.6 is 0 Å². The third kappa shape index (κ3) is 26.1. The number of sulfonamides is 1. The number of hydrogen-bond acceptors (Lipinski definition) is 13. The standard InChI is InChI=1S/C48H70N4O13S/c1-48(2,3)65-46(56)13-11-9-7-5-4-6-8-10-12-28-64-41-21-16-38(17-22-41)14-15-39-18-23-42(24-19-39)66(58,59)52-43-25-20-40(35-51-43)47(57)50-27-30-61-31-33-62-36-44(53)49-26-29-60-32-34-63-37-45(54)55/h16-25,35H,4-15,26-34,36-37H2,1-3H3,(H,49,53)(H,50,57)(H,51,52)(H,54,55). The molecule has 17 nitrogen and oxygen atoms in total. The molecule has 0 aliphatic rings. The van der Waals surface area contributed by atoms with Gasteiger partial charge in [-0.3, -0.25) is 19.1 Å². The maximum Gasteiger partial charge on any atom is 0.329 e. The van der Waals surface area contributed by atoms with Crippen molar-refractivity contribution < 1.29 is 61.1 Å². The summed E-state index contributed by atoms with van der Waals surface area (Å²) in [6.45, 7) is 7.49. The first-order valence-electron chi connectivity index (χ1n) is 22.8. The van der Waals surface area contributed by atoms with Crippen molar-refractivity contribution in [3.8, 4) is 5.75 Å². The lowest BCUT2D eigenvalue weighted by Crippen LogP contribution is -2.31. The van der Waals surface area contributed by atoms with E-state index in [1.54, 1.807) is 24.3 Å². The largest absolute Gasteiger partial charge is 0.494 e. The van der Waals surface area contributed by atoms with Gasteiger partial charge in [0, 0.05) is 25.7 Å². The van der Waals surface area contributed by atoms with Gasteiger partial charge < -0.3 is 44.2 Å². The summed E-state index contributed by atoms with van der Waals surface area (Å²) < 4.78 is 60.6. The molecule has 0 fully saturated rings. The fraction of sp³-hybridized carbons (Fsp3) is 0.562. The Labute approximate surface area is 390 Å². The summed E-state index contributed by atoms with van der Waals surface area (Å²) in [7, 11) is -3.92. The topological polar surface area (TPSA) is 227 Å². The zero-order valence-corrected chi connectivity index (χ0v) is 39.6. The van der Waals surface area contributed by atoms with Crippen molar-refractivity contribution in [1.29, 1.82) is 0 Å². The van der Waals surface area contributed by atoms with Crippen LogP contribution in [0.15, 0.2) is 71.8 Å². The number of carbonyl (C=O) groups is 4. The molecule has 1 aromatic heterocycles. The van der Waals surface area contributed by atoms with Crippen LogP contribution in [0.4, 0.5) is 5.82 Å². The van der Waals surface area contributed by atoms with Crippen molar-refractivity contribution in [3.05, 3.63) is 83.6 Å². The number of carbonyl (C=O) groups excluding carboxylic acids is 3. The van der Waals surface area contributed by atoms with Crippen LogP contribution in [-0.4, -0.2) is 120 Å². The van der Waals surface area contributed by atoms with E-state index in [4.69, 9.17) is 33.5 Å². The van der Waals surface area contributed by atoms with Crippen LogP contribution < -0.4 is 20.1 Å². The predicted octanol–water partition coefficient (Wildman–Crippen LogP) is 6.29. The summed E-state index contributed by atoms with van der Waals surface area (Å²) >= 11 is 0. The van der Waals surface area contributed by atoms with Crippen LogP contribution in [-0.2, 0) is 60.9 Å². The first kappa shape index (κ1) is 55.2. The number of ether oxygens (including phenoxy) is 6. The number of carboxylic acid groups (broad SMARTS) is 1. The number of pyridine rings is 1. The second-order valence-electron chi connectivity index (χ2n) is 16.5. The molecule has 0 saturated heterocycles. The van der Waals surface area contributed by atoms with Crippen LogP contribution in [0.1, 0.15) is 106 Å². The lowest BCUT2D eigenvalue weighted by atomic mass is 10.0. The number of hydrogen-bond donors (Lipinski definition) is 4. The molecule has 2 aromatic carbocycles. The zero-order valence-electron chi connectivity index (χ0n) is 38.8. The van der Waals surface area contributed by atoms with Crippen LogP contribution in [0.25, 0.3) is 0 Å². The second kappa shape index (κ2) is 31.7. The molecule has 66 heavy (non-hydrogen) atoms. The molecule has 3 aromatic rings. The van der Waals surface area contributed by atoms with E-state index in [2.05, 4.69) is 32.5 Å². The smallest absolute Gasteiger partial charge is 0.329 e. The van der Waals surface area contributed by atoms with E-state index < -0.39 is 27.5 Å². The summed E-state index contributed by atoms with van der Waals surface area (Å²) in [5, 5.41) is 13.8. The number of anilines is 1. The Kier molecular flexibility index (Phi) is 26.5. The van der Waals surface area contributed by atoms with Crippen molar-refractivity contribution in [2.75, 3.05) is 77.3 Å². The normalized spacial score (nSPS) is 11.5. The number of carboxylic acids is 1. The summed E-state index contributed by atoms with van der Waals surface area (Å²) in [4.78, 5) is 50.7. The first-order chi connectivity index (χ1) is 31.7. The van der Waals surface area contributed by atoms with Crippen molar-refractivity contribution in [1.82, 2.24) is 15.6 Å². The van der Waals surface area contributed by atoms with Crippen LogP contribution in [0.3, 0.4) is 0 Å². The number of aryl methyl sites for hydroxylation is 2. The quantitative estimate of drug-likeness (QED) is 0.0372. The molecule has 18 heteroatoms. The Morgan fingerprint density at radius 2 is 1.17 bits per heavy atom. The van der Waals surface area contributed by atoms with Gasteiger partial charge in [-0.15, -0.1) is 0 Å². The highest BCUT2D eigenvalue weighted by Crippen LogP contribution is 2.19. The molecule has 0 aliphatic heterocycles. The van der Waals surface area contributed by atoms with Gasteiger partial charge in [0.25, 0.3) is 15.9 Å². The maximum absolute atomic E-state index is 13.1. The molecule has 366 valence electrons. The molecule has 0 saturated carbocycles. The van der Waals surface area contributed by atoms with Crippen LogP contribution in [0.5, 0.6) is 5.75 Å². The van der Waals surface area contributed by atoms with Crippen molar-refractivity contribution in [2.24, 2.45) is 0 Å². The monoisotopic (exact) mass is 942 g/mol. The van der Waals surface area contributed by atoms with Gasteiger partial charge in [0.05, 0.1) is 56.7 Å². The van der Waals surface area contributed by atoms with E-state index in [1.807, 2.05) is 32.9 Å². The highest BCUT2D eigenvalue weighted by molar-refractivity contribution is 7.92. The third-order valence-corrected chi connectivity index (χ3v) is 11.0. The molecule has 0 radical (unpaired) electrons. The van der Waals surface area contributed by atoms with Gasteiger partial charge in [0.2, 0.25) is 5.91 Å². The van der Waals surface area contributed by atoms with Gasteiger partial charge in [-0.05, 0) is 94.0 Å². The van der Waals surface area contributed by atoms with Crippen LogP contribution in [0, 0.1) is 0 Å². The van der Waals surface area contributed by atoms with Crippen molar-refractivity contribution >= 4 is 39.6 Å². The number of aliphatic carboxylic acids is 1. The van der Waals surface area contributed by atoms with Crippen molar-refractivity contribution in [3.63, 3.8) is 0 Å². The third-order valence-electron chi connectivity index (χ3n) is 9.64.